The third kappa shape index (κ3) is 3.21. The topological polar surface area (TPSA) is 55.8 Å². The van der Waals surface area contributed by atoms with E-state index in [1.54, 1.807) is 12.1 Å². The average Bonchev–Trinajstić information content (AvgIpc) is 2.63. The fraction of sp³-hybridized carbons (Fsp3) is 0.381. The van der Waals surface area contributed by atoms with E-state index in [4.69, 9.17) is 9.47 Å². The fourth-order valence-corrected chi connectivity index (χ4v) is 3.27. The fourth-order valence-electron chi connectivity index (χ4n) is 3.27. The Bertz CT molecular complexity index is 811. The molecule has 132 valence electrons. The van der Waals surface area contributed by atoms with Crippen LogP contribution >= 0.6 is 0 Å². The van der Waals surface area contributed by atoms with E-state index in [1.807, 2.05) is 45.9 Å². The summed E-state index contributed by atoms with van der Waals surface area (Å²) in [6.07, 6.45) is 1.51. The zero-order valence-corrected chi connectivity index (χ0v) is 15.2. The highest BCUT2D eigenvalue weighted by Crippen LogP contribution is 2.43. The van der Waals surface area contributed by atoms with Gasteiger partial charge in [0, 0.05) is 5.56 Å². The van der Waals surface area contributed by atoms with Crippen molar-refractivity contribution < 1.29 is 19.4 Å². The normalized spacial score (nSPS) is 19.0. The largest absolute Gasteiger partial charge is 0.507 e. The molecule has 1 unspecified atom stereocenters. The smallest absolute Gasteiger partial charge is 0.338 e. The summed E-state index contributed by atoms with van der Waals surface area (Å²) in [7, 11) is 0. The van der Waals surface area contributed by atoms with E-state index in [-0.39, 0.29) is 12.6 Å². The van der Waals surface area contributed by atoms with Crippen molar-refractivity contribution in [2.75, 3.05) is 6.61 Å². The number of phenolic OH excluding ortho intramolecular Hbond substituents is 1. The monoisotopic (exact) mass is 340 g/mol. The van der Waals surface area contributed by atoms with Crippen LogP contribution in [0.2, 0.25) is 0 Å². The average molecular weight is 340 g/mol. The number of carbonyl (C=O) groups excluding carboxylic acids is 1. The lowest BCUT2D eigenvalue weighted by atomic mass is 9.87. The SMILES string of the molecule is Cc1c(C)c2c(c(C)c1O)CCC(C)(COC(=O)c1ccccc1)O2. The van der Waals surface area contributed by atoms with Gasteiger partial charge in [0.15, 0.2) is 0 Å². The number of fused-ring (bicyclic) bond motifs is 1. The van der Waals surface area contributed by atoms with E-state index in [0.29, 0.717) is 11.3 Å². The van der Waals surface area contributed by atoms with Crippen molar-refractivity contribution in [1.82, 2.24) is 0 Å². The Morgan fingerprint density at radius 3 is 2.52 bits per heavy atom. The molecule has 0 fully saturated rings. The molecule has 0 saturated carbocycles. The van der Waals surface area contributed by atoms with Crippen LogP contribution in [-0.4, -0.2) is 23.3 Å². The number of esters is 1. The van der Waals surface area contributed by atoms with Crippen molar-refractivity contribution in [3.8, 4) is 11.5 Å². The summed E-state index contributed by atoms with van der Waals surface area (Å²) >= 11 is 0. The molecule has 4 heteroatoms. The lowest BCUT2D eigenvalue weighted by Crippen LogP contribution is -2.42. The second-order valence-corrected chi connectivity index (χ2v) is 7.03. The number of hydrogen-bond donors (Lipinski definition) is 1. The Morgan fingerprint density at radius 1 is 1.16 bits per heavy atom. The second-order valence-electron chi connectivity index (χ2n) is 7.03. The first-order valence-electron chi connectivity index (χ1n) is 8.55. The van der Waals surface area contributed by atoms with Crippen LogP contribution in [0, 0.1) is 20.8 Å². The number of rotatable bonds is 3. The van der Waals surface area contributed by atoms with Crippen molar-refractivity contribution >= 4 is 5.97 Å². The second kappa shape index (κ2) is 6.43. The molecule has 25 heavy (non-hydrogen) atoms. The molecule has 2 aromatic carbocycles. The minimum atomic E-state index is -0.571. The Kier molecular flexibility index (Phi) is 4.46. The van der Waals surface area contributed by atoms with E-state index in [2.05, 4.69) is 0 Å². The zero-order valence-electron chi connectivity index (χ0n) is 15.2. The molecule has 0 aliphatic carbocycles. The number of hydrogen-bond acceptors (Lipinski definition) is 4. The summed E-state index contributed by atoms with van der Waals surface area (Å²) in [6.45, 7) is 7.92. The van der Waals surface area contributed by atoms with Crippen molar-refractivity contribution in [2.45, 2.75) is 46.1 Å². The molecule has 1 aliphatic heterocycles. The lowest BCUT2D eigenvalue weighted by molar-refractivity contribution is -0.0164. The van der Waals surface area contributed by atoms with Crippen LogP contribution in [0.3, 0.4) is 0 Å². The first kappa shape index (κ1) is 17.3. The van der Waals surface area contributed by atoms with E-state index in [1.165, 1.54) is 0 Å². The van der Waals surface area contributed by atoms with Gasteiger partial charge in [0.05, 0.1) is 5.56 Å². The van der Waals surface area contributed by atoms with Crippen LogP contribution in [0.1, 0.15) is 46.0 Å². The van der Waals surface area contributed by atoms with Gasteiger partial charge in [-0.3, -0.25) is 0 Å². The molecular formula is C21H24O4. The number of carbonyl (C=O) groups is 1. The maximum absolute atomic E-state index is 12.2. The molecule has 1 aliphatic rings. The van der Waals surface area contributed by atoms with Crippen LogP contribution < -0.4 is 4.74 Å². The Labute approximate surface area is 148 Å². The Hall–Kier alpha value is -2.49. The maximum atomic E-state index is 12.2. The molecule has 0 bridgehead atoms. The Morgan fingerprint density at radius 2 is 1.84 bits per heavy atom. The van der Waals surface area contributed by atoms with Gasteiger partial charge in [-0.1, -0.05) is 18.2 Å². The first-order chi connectivity index (χ1) is 11.8. The molecule has 0 amide bonds. The van der Waals surface area contributed by atoms with Crippen molar-refractivity contribution in [3.05, 3.63) is 58.1 Å². The van der Waals surface area contributed by atoms with Crippen LogP contribution in [0.15, 0.2) is 30.3 Å². The lowest BCUT2D eigenvalue weighted by Gasteiger charge is -2.37. The first-order valence-corrected chi connectivity index (χ1v) is 8.55. The number of phenols is 1. The molecule has 0 radical (unpaired) electrons. The van der Waals surface area contributed by atoms with Gasteiger partial charge < -0.3 is 14.6 Å². The minimum Gasteiger partial charge on any atom is -0.507 e. The van der Waals surface area contributed by atoms with Crippen LogP contribution in [0.25, 0.3) is 0 Å². The van der Waals surface area contributed by atoms with Crippen LogP contribution in [0.5, 0.6) is 11.5 Å². The van der Waals surface area contributed by atoms with E-state index < -0.39 is 5.60 Å². The predicted octanol–water partition coefficient (Wildman–Crippen LogP) is 4.26. The Balaban J connectivity index is 1.78. The standard InChI is InChI=1S/C21H24O4/c1-13-14(2)19-17(15(3)18(13)22)10-11-21(4,25-19)12-24-20(23)16-8-6-5-7-9-16/h5-9,22H,10-12H2,1-4H3. The summed E-state index contributed by atoms with van der Waals surface area (Å²) in [5, 5.41) is 10.3. The molecular weight excluding hydrogens is 316 g/mol. The van der Waals surface area contributed by atoms with Gasteiger partial charge in [0.1, 0.15) is 23.7 Å². The van der Waals surface area contributed by atoms with Crippen molar-refractivity contribution in [1.29, 1.82) is 0 Å². The highest BCUT2D eigenvalue weighted by Gasteiger charge is 2.36. The molecule has 3 rings (SSSR count). The van der Waals surface area contributed by atoms with Gasteiger partial charge in [-0.25, -0.2) is 4.79 Å². The third-order valence-corrected chi connectivity index (χ3v) is 5.11. The summed E-state index contributed by atoms with van der Waals surface area (Å²) in [4.78, 5) is 12.2. The van der Waals surface area contributed by atoms with E-state index in [0.717, 1.165) is 40.8 Å². The van der Waals surface area contributed by atoms with Gasteiger partial charge in [0.2, 0.25) is 0 Å². The number of benzene rings is 2. The van der Waals surface area contributed by atoms with Crippen molar-refractivity contribution in [3.63, 3.8) is 0 Å². The van der Waals surface area contributed by atoms with Gasteiger partial charge in [0.25, 0.3) is 0 Å². The predicted molar refractivity (Wildman–Crippen MR) is 96.4 cm³/mol. The van der Waals surface area contributed by atoms with Gasteiger partial charge >= 0.3 is 5.97 Å². The summed E-state index contributed by atoms with van der Waals surface area (Å²) < 4.78 is 11.8. The molecule has 0 aromatic heterocycles. The highest BCUT2D eigenvalue weighted by molar-refractivity contribution is 5.89. The summed E-state index contributed by atoms with van der Waals surface area (Å²) in [6, 6.07) is 8.96. The zero-order chi connectivity index (χ0) is 18.2. The highest BCUT2D eigenvalue weighted by atomic mass is 16.6. The quantitative estimate of drug-likeness (QED) is 0.848. The van der Waals surface area contributed by atoms with Gasteiger partial charge in [-0.05, 0) is 69.4 Å². The molecule has 1 heterocycles. The maximum Gasteiger partial charge on any atom is 0.338 e. The molecule has 0 saturated heterocycles. The molecule has 0 spiro atoms. The third-order valence-electron chi connectivity index (χ3n) is 5.11. The minimum absolute atomic E-state index is 0.193. The van der Waals surface area contributed by atoms with Crippen LogP contribution in [-0.2, 0) is 11.2 Å². The van der Waals surface area contributed by atoms with E-state index in [9.17, 15) is 9.90 Å². The molecule has 1 atom stereocenters. The summed E-state index contributed by atoms with van der Waals surface area (Å²) in [5.74, 6) is 0.822. The number of ether oxygens (including phenoxy) is 2. The van der Waals surface area contributed by atoms with E-state index >= 15 is 0 Å². The molecule has 2 aromatic rings. The van der Waals surface area contributed by atoms with Gasteiger partial charge in [-0.15, -0.1) is 0 Å². The number of aromatic hydroxyl groups is 1. The molecule has 1 N–H and O–H groups in total. The van der Waals surface area contributed by atoms with Gasteiger partial charge in [-0.2, -0.15) is 0 Å². The molecule has 4 nitrogen and oxygen atoms in total. The summed E-state index contributed by atoms with van der Waals surface area (Å²) in [5.41, 5.74) is 3.67. The van der Waals surface area contributed by atoms with Crippen LogP contribution in [0.4, 0.5) is 0 Å². The van der Waals surface area contributed by atoms with Crippen molar-refractivity contribution in [2.24, 2.45) is 0 Å².